The number of hydrogen-bond acceptors (Lipinski definition) is 5. The molecule has 2 N–H and O–H groups in total. The Morgan fingerprint density at radius 3 is 2.69 bits per heavy atom. The van der Waals surface area contributed by atoms with Crippen molar-refractivity contribution in [1.29, 1.82) is 0 Å². The molecule has 0 spiro atoms. The van der Waals surface area contributed by atoms with Crippen molar-refractivity contribution in [1.82, 2.24) is 15.5 Å². The van der Waals surface area contributed by atoms with Crippen LogP contribution in [0.4, 0.5) is 0 Å². The van der Waals surface area contributed by atoms with Crippen molar-refractivity contribution < 1.29 is 19.2 Å². The fourth-order valence-corrected chi connectivity index (χ4v) is 1.04. The van der Waals surface area contributed by atoms with Crippen molar-refractivity contribution in [2.24, 2.45) is 11.8 Å². The maximum atomic E-state index is 11.5. The average molecular weight is 227 g/mol. The molecule has 7 heteroatoms. The maximum absolute atomic E-state index is 11.5. The molecule has 0 saturated carbocycles. The molecule has 2 atom stereocenters. The summed E-state index contributed by atoms with van der Waals surface area (Å²) in [4.78, 5) is 25.9. The van der Waals surface area contributed by atoms with Crippen LogP contribution >= 0.6 is 0 Å². The molecule has 0 aliphatic heterocycles. The fraction of sp³-hybridized carbons (Fsp3) is 0.556. The summed E-state index contributed by atoms with van der Waals surface area (Å²) in [6.07, 6.45) is 1.16. The molecule has 0 bridgehead atoms. The van der Waals surface area contributed by atoms with Gasteiger partial charge in [-0.05, 0) is 0 Å². The van der Waals surface area contributed by atoms with E-state index in [1.54, 1.807) is 6.92 Å². The van der Waals surface area contributed by atoms with E-state index in [0.717, 1.165) is 6.39 Å². The Labute approximate surface area is 91.8 Å². The zero-order valence-electron chi connectivity index (χ0n) is 9.01. The van der Waals surface area contributed by atoms with E-state index in [4.69, 9.17) is 5.11 Å². The highest BCUT2D eigenvalue weighted by molar-refractivity contribution is 5.84. The Kier molecular flexibility index (Phi) is 3.98. The summed E-state index contributed by atoms with van der Waals surface area (Å²) in [5.41, 5.74) is 0. The number of aliphatic carboxylic acids is 1. The van der Waals surface area contributed by atoms with E-state index in [9.17, 15) is 9.59 Å². The van der Waals surface area contributed by atoms with E-state index >= 15 is 0 Å². The van der Waals surface area contributed by atoms with Gasteiger partial charge < -0.3 is 14.9 Å². The minimum atomic E-state index is -0.998. The third-order valence-corrected chi connectivity index (χ3v) is 2.38. The maximum Gasteiger partial charge on any atom is 0.307 e. The Bertz CT molecular complexity index is 363. The second-order valence-corrected chi connectivity index (χ2v) is 3.48. The molecule has 0 fully saturated rings. The van der Waals surface area contributed by atoms with E-state index < -0.39 is 17.8 Å². The first-order valence-corrected chi connectivity index (χ1v) is 4.78. The van der Waals surface area contributed by atoms with Gasteiger partial charge in [-0.15, -0.1) is 0 Å². The largest absolute Gasteiger partial charge is 0.481 e. The molecule has 1 aromatic heterocycles. The minimum Gasteiger partial charge on any atom is -0.481 e. The quantitative estimate of drug-likeness (QED) is 0.735. The van der Waals surface area contributed by atoms with E-state index in [1.807, 2.05) is 0 Å². The standard InChI is InChI=1S/C9H13N3O4/c1-5(6(2)9(14)15)8(13)10-3-7-11-4-16-12-7/h4-6H,3H2,1-2H3,(H,10,13)(H,14,15). The number of amides is 1. The molecule has 0 aliphatic rings. The topological polar surface area (TPSA) is 105 Å². The molecule has 0 radical (unpaired) electrons. The smallest absolute Gasteiger partial charge is 0.307 e. The van der Waals surface area contributed by atoms with Crippen LogP contribution < -0.4 is 5.32 Å². The highest BCUT2D eigenvalue weighted by Gasteiger charge is 2.25. The van der Waals surface area contributed by atoms with Gasteiger partial charge in [-0.25, -0.2) is 0 Å². The van der Waals surface area contributed by atoms with Gasteiger partial charge in [0.2, 0.25) is 12.3 Å². The normalized spacial score (nSPS) is 14.1. The third-order valence-electron chi connectivity index (χ3n) is 2.38. The summed E-state index contributed by atoms with van der Waals surface area (Å²) < 4.78 is 4.49. The zero-order chi connectivity index (χ0) is 12.1. The third kappa shape index (κ3) is 3.04. The van der Waals surface area contributed by atoms with Crippen LogP contribution in [0, 0.1) is 11.8 Å². The molecular weight excluding hydrogens is 214 g/mol. The van der Waals surface area contributed by atoms with Crippen molar-refractivity contribution in [3.63, 3.8) is 0 Å². The molecule has 1 aromatic rings. The van der Waals surface area contributed by atoms with Crippen molar-refractivity contribution in [3.05, 3.63) is 12.2 Å². The van der Waals surface area contributed by atoms with Gasteiger partial charge in [0.05, 0.1) is 12.5 Å². The number of carbonyl (C=O) groups is 2. The van der Waals surface area contributed by atoms with E-state index in [-0.39, 0.29) is 12.5 Å². The molecule has 88 valence electrons. The van der Waals surface area contributed by atoms with E-state index in [2.05, 4.69) is 20.0 Å². The van der Waals surface area contributed by atoms with Gasteiger partial charge in [0.15, 0.2) is 5.82 Å². The number of aromatic nitrogens is 2. The van der Waals surface area contributed by atoms with E-state index in [1.165, 1.54) is 6.92 Å². The van der Waals surface area contributed by atoms with Crippen LogP contribution in [0.25, 0.3) is 0 Å². The summed E-state index contributed by atoms with van der Waals surface area (Å²) in [5, 5.41) is 14.8. The van der Waals surface area contributed by atoms with Gasteiger partial charge in [0, 0.05) is 5.92 Å². The number of nitrogens with one attached hydrogen (secondary N) is 1. The van der Waals surface area contributed by atoms with Crippen LogP contribution in [0.5, 0.6) is 0 Å². The number of carboxylic acid groups (broad SMARTS) is 1. The zero-order valence-corrected chi connectivity index (χ0v) is 9.01. The highest BCUT2D eigenvalue weighted by atomic mass is 16.5. The second kappa shape index (κ2) is 5.24. The monoisotopic (exact) mass is 227 g/mol. The van der Waals surface area contributed by atoms with Gasteiger partial charge in [0.1, 0.15) is 0 Å². The van der Waals surface area contributed by atoms with Crippen LogP contribution in [-0.2, 0) is 16.1 Å². The SMILES string of the molecule is CC(C(=O)O)C(C)C(=O)NCc1ncon1. The van der Waals surface area contributed by atoms with Gasteiger partial charge in [0.25, 0.3) is 0 Å². The molecule has 0 saturated heterocycles. The van der Waals surface area contributed by atoms with Gasteiger partial charge in [-0.3, -0.25) is 9.59 Å². The predicted octanol–water partition coefficient (Wildman–Crippen LogP) is 0.0426. The number of nitrogens with zero attached hydrogens (tertiary/aromatic N) is 2. The number of carboxylic acids is 1. The van der Waals surface area contributed by atoms with Crippen LogP contribution in [0.3, 0.4) is 0 Å². The summed E-state index contributed by atoms with van der Waals surface area (Å²) in [7, 11) is 0. The van der Waals surface area contributed by atoms with Crippen molar-refractivity contribution in [2.45, 2.75) is 20.4 Å². The molecule has 16 heavy (non-hydrogen) atoms. The summed E-state index contributed by atoms with van der Waals surface area (Å²) in [6.45, 7) is 3.18. The average Bonchev–Trinajstić information content (AvgIpc) is 2.76. The van der Waals surface area contributed by atoms with Crippen molar-refractivity contribution in [3.8, 4) is 0 Å². The lowest BCUT2D eigenvalue weighted by Gasteiger charge is -2.14. The molecule has 0 aliphatic carbocycles. The summed E-state index contributed by atoms with van der Waals surface area (Å²) in [6, 6.07) is 0. The van der Waals surface area contributed by atoms with Crippen LogP contribution in [0.2, 0.25) is 0 Å². The number of carbonyl (C=O) groups excluding carboxylic acids is 1. The Morgan fingerprint density at radius 1 is 1.50 bits per heavy atom. The van der Waals surface area contributed by atoms with Crippen LogP contribution in [0.15, 0.2) is 10.9 Å². The molecule has 2 unspecified atom stereocenters. The molecule has 0 aromatic carbocycles. The van der Waals surface area contributed by atoms with E-state index in [0.29, 0.717) is 5.82 Å². The fourth-order valence-electron chi connectivity index (χ4n) is 1.04. The first-order chi connectivity index (χ1) is 7.52. The number of rotatable bonds is 5. The van der Waals surface area contributed by atoms with Crippen LogP contribution in [-0.4, -0.2) is 27.1 Å². The predicted molar refractivity (Wildman–Crippen MR) is 52.1 cm³/mol. The van der Waals surface area contributed by atoms with Crippen molar-refractivity contribution >= 4 is 11.9 Å². The molecular formula is C9H13N3O4. The lowest BCUT2D eigenvalue weighted by Crippen LogP contribution is -2.35. The molecule has 1 heterocycles. The molecule has 1 amide bonds. The Hall–Kier alpha value is -1.92. The Balaban J connectivity index is 2.43. The van der Waals surface area contributed by atoms with Crippen LogP contribution in [0.1, 0.15) is 19.7 Å². The minimum absolute atomic E-state index is 0.131. The van der Waals surface area contributed by atoms with Gasteiger partial charge in [-0.2, -0.15) is 4.98 Å². The highest BCUT2D eigenvalue weighted by Crippen LogP contribution is 2.11. The second-order valence-electron chi connectivity index (χ2n) is 3.48. The summed E-state index contributed by atoms with van der Waals surface area (Å²) >= 11 is 0. The molecule has 7 nitrogen and oxygen atoms in total. The first kappa shape index (κ1) is 12.2. The van der Waals surface area contributed by atoms with Gasteiger partial charge >= 0.3 is 5.97 Å². The first-order valence-electron chi connectivity index (χ1n) is 4.78. The number of hydrogen-bond donors (Lipinski definition) is 2. The lowest BCUT2D eigenvalue weighted by atomic mass is 9.95. The van der Waals surface area contributed by atoms with Gasteiger partial charge in [-0.1, -0.05) is 19.0 Å². The Morgan fingerprint density at radius 2 is 2.19 bits per heavy atom. The van der Waals surface area contributed by atoms with Crippen molar-refractivity contribution in [2.75, 3.05) is 0 Å². The lowest BCUT2D eigenvalue weighted by molar-refractivity contribution is -0.146. The molecule has 1 rings (SSSR count). The summed E-state index contributed by atoms with van der Waals surface area (Å²) in [5.74, 6) is -2.33.